The quantitative estimate of drug-likeness (QED) is 0.628. The van der Waals surface area contributed by atoms with Gasteiger partial charge in [0.15, 0.2) is 4.34 Å². The number of rotatable bonds is 5. The smallest absolute Gasteiger partial charge is 0.231 e. The van der Waals surface area contributed by atoms with E-state index in [1.54, 1.807) is 6.08 Å². The van der Waals surface area contributed by atoms with Gasteiger partial charge < -0.3 is 0 Å². The van der Waals surface area contributed by atoms with E-state index in [1.165, 1.54) is 23.1 Å². The minimum Gasteiger partial charge on any atom is -0.257 e. The zero-order valence-corrected chi connectivity index (χ0v) is 9.88. The fraction of sp³-hybridized carbons (Fsp3) is 0.333. The summed E-state index contributed by atoms with van der Waals surface area (Å²) in [5.41, 5.74) is 0. The maximum atomic E-state index is 10.8. The first-order valence-electron chi connectivity index (χ1n) is 3.56. The Hall–Kier alpha value is -0.600. The van der Waals surface area contributed by atoms with Crippen molar-refractivity contribution in [1.29, 1.82) is 0 Å². The van der Waals surface area contributed by atoms with Crippen LogP contribution in [-0.4, -0.2) is 30.6 Å². The predicted molar refractivity (Wildman–Crippen MR) is 59.3 cm³/mol. The van der Waals surface area contributed by atoms with Crippen molar-refractivity contribution in [1.82, 2.24) is 10.2 Å². The van der Waals surface area contributed by atoms with E-state index >= 15 is 0 Å². The van der Waals surface area contributed by atoms with Gasteiger partial charge >= 0.3 is 0 Å². The summed E-state index contributed by atoms with van der Waals surface area (Å²) in [6, 6.07) is 0. The van der Waals surface area contributed by atoms with Crippen molar-refractivity contribution < 1.29 is 8.42 Å². The van der Waals surface area contributed by atoms with Crippen LogP contribution in [0.2, 0.25) is 0 Å². The molecule has 0 unspecified atom stereocenters. The summed E-state index contributed by atoms with van der Waals surface area (Å²) in [4.78, 5) is 0. The minimum absolute atomic E-state index is 0.291. The van der Waals surface area contributed by atoms with Crippen molar-refractivity contribution in [3.05, 3.63) is 12.7 Å². The maximum absolute atomic E-state index is 10.8. The molecule has 1 N–H and O–H groups in total. The molecule has 0 saturated heterocycles. The van der Waals surface area contributed by atoms with Gasteiger partial charge in [-0.2, -0.15) is 0 Å². The molecule has 1 heterocycles. The van der Waals surface area contributed by atoms with Gasteiger partial charge in [0, 0.05) is 5.75 Å². The van der Waals surface area contributed by atoms with E-state index in [0.29, 0.717) is 5.13 Å². The van der Waals surface area contributed by atoms with Crippen LogP contribution in [0.5, 0.6) is 0 Å². The number of nitrogens with one attached hydrogen (secondary N) is 1. The Morgan fingerprint density at radius 1 is 1.64 bits per heavy atom. The SMILES string of the molecule is C=CCSc1nnc(NS(C)(=O)=O)s1. The topological polar surface area (TPSA) is 72.0 Å². The highest BCUT2D eigenvalue weighted by molar-refractivity contribution is 8.01. The molecule has 0 fully saturated rings. The molecular weight excluding hydrogens is 242 g/mol. The van der Waals surface area contributed by atoms with Crippen LogP contribution < -0.4 is 4.72 Å². The van der Waals surface area contributed by atoms with Crippen LogP contribution in [0.25, 0.3) is 0 Å². The lowest BCUT2D eigenvalue weighted by molar-refractivity contribution is 0.606. The fourth-order valence-corrected chi connectivity index (χ4v) is 2.94. The van der Waals surface area contributed by atoms with E-state index in [9.17, 15) is 8.42 Å². The molecule has 0 aliphatic rings. The monoisotopic (exact) mass is 251 g/mol. The minimum atomic E-state index is -3.26. The van der Waals surface area contributed by atoms with Crippen molar-refractivity contribution >= 4 is 38.3 Å². The average Bonchev–Trinajstić information content (AvgIpc) is 2.46. The molecule has 0 aliphatic heterocycles. The highest BCUT2D eigenvalue weighted by atomic mass is 32.2. The van der Waals surface area contributed by atoms with Crippen LogP contribution in [0, 0.1) is 0 Å². The molecular formula is C6H9N3O2S3. The first-order valence-corrected chi connectivity index (χ1v) is 7.25. The van der Waals surface area contributed by atoms with Crippen LogP contribution in [0.4, 0.5) is 5.13 Å². The van der Waals surface area contributed by atoms with E-state index in [4.69, 9.17) is 0 Å². The van der Waals surface area contributed by atoms with Crippen LogP contribution in [0.15, 0.2) is 17.0 Å². The number of hydrogen-bond donors (Lipinski definition) is 1. The Bertz CT molecular complexity index is 412. The van der Waals surface area contributed by atoms with E-state index in [1.807, 2.05) is 0 Å². The molecule has 0 radical (unpaired) electrons. The van der Waals surface area contributed by atoms with Gasteiger partial charge in [-0.05, 0) is 0 Å². The first kappa shape index (κ1) is 11.5. The molecule has 0 amide bonds. The van der Waals surface area contributed by atoms with Gasteiger partial charge in [0.1, 0.15) is 0 Å². The second-order valence-electron chi connectivity index (χ2n) is 2.35. The maximum Gasteiger partial charge on any atom is 0.231 e. The molecule has 1 rings (SSSR count). The lowest BCUT2D eigenvalue weighted by Crippen LogP contribution is -2.08. The summed E-state index contributed by atoms with van der Waals surface area (Å²) in [5, 5.41) is 7.76. The molecule has 0 spiro atoms. The second-order valence-corrected chi connectivity index (χ2v) is 6.34. The molecule has 5 nitrogen and oxygen atoms in total. The van der Waals surface area contributed by atoms with Crippen molar-refractivity contribution in [3.8, 4) is 0 Å². The molecule has 0 saturated carbocycles. The highest BCUT2D eigenvalue weighted by Gasteiger charge is 2.07. The summed E-state index contributed by atoms with van der Waals surface area (Å²) < 4.78 is 24.6. The normalized spacial score (nSPS) is 11.2. The van der Waals surface area contributed by atoms with Crippen molar-refractivity contribution in [2.24, 2.45) is 0 Å². The van der Waals surface area contributed by atoms with Crippen molar-refractivity contribution in [3.63, 3.8) is 0 Å². The largest absolute Gasteiger partial charge is 0.257 e. The molecule has 1 aromatic rings. The highest BCUT2D eigenvalue weighted by Crippen LogP contribution is 2.25. The molecule has 0 bridgehead atoms. The average molecular weight is 251 g/mol. The van der Waals surface area contributed by atoms with Gasteiger partial charge in [0.2, 0.25) is 15.2 Å². The summed E-state index contributed by atoms with van der Waals surface area (Å²) in [6.07, 6.45) is 2.82. The van der Waals surface area contributed by atoms with Gasteiger partial charge in [-0.3, -0.25) is 4.72 Å². The van der Waals surface area contributed by atoms with Crippen LogP contribution in [-0.2, 0) is 10.0 Å². The van der Waals surface area contributed by atoms with Crippen LogP contribution in [0.1, 0.15) is 0 Å². The summed E-state index contributed by atoms with van der Waals surface area (Å²) in [6.45, 7) is 3.57. The number of hydrogen-bond acceptors (Lipinski definition) is 6. The van der Waals surface area contributed by atoms with Gasteiger partial charge in [0.05, 0.1) is 6.26 Å². The number of aromatic nitrogens is 2. The summed E-state index contributed by atoms with van der Waals surface area (Å²) in [5.74, 6) is 0.730. The lowest BCUT2D eigenvalue weighted by Gasteiger charge is -1.94. The third-order valence-electron chi connectivity index (χ3n) is 1.00. The number of sulfonamides is 1. The molecule has 0 aromatic carbocycles. The zero-order chi connectivity index (χ0) is 10.6. The van der Waals surface area contributed by atoms with Crippen LogP contribution in [0.3, 0.4) is 0 Å². The third kappa shape index (κ3) is 4.07. The number of thioether (sulfide) groups is 1. The number of anilines is 1. The molecule has 0 atom stereocenters. The van der Waals surface area contributed by atoms with Crippen molar-refractivity contribution in [2.75, 3.05) is 16.7 Å². The Morgan fingerprint density at radius 2 is 2.36 bits per heavy atom. The molecule has 14 heavy (non-hydrogen) atoms. The first-order chi connectivity index (χ1) is 6.51. The van der Waals surface area contributed by atoms with Gasteiger partial charge in [-0.15, -0.1) is 16.8 Å². The standard InChI is InChI=1S/C6H9N3O2S3/c1-3-4-12-6-8-7-5(13-6)9-14(2,10)11/h3H,1,4H2,2H3,(H,7,9). The fourth-order valence-electron chi connectivity index (χ4n) is 0.598. The van der Waals surface area contributed by atoms with Crippen molar-refractivity contribution in [2.45, 2.75) is 4.34 Å². The Morgan fingerprint density at radius 3 is 2.93 bits per heavy atom. The predicted octanol–water partition coefficient (Wildman–Crippen LogP) is 1.19. The third-order valence-corrected chi connectivity index (χ3v) is 3.67. The van der Waals surface area contributed by atoms with Gasteiger partial charge in [0.25, 0.3) is 0 Å². The molecule has 8 heteroatoms. The molecule has 0 aliphatic carbocycles. The van der Waals surface area contributed by atoms with Gasteiger partial charge in [-0.1, -0.05) is 29.2 Å². The van der Waals surface area contributed by atoms with E-state index < -0.39 is 10.0 Å². The van der Waals surface area contributed by atoms with Crippen LogP contribution >= 0.6 is 23.1 Å². The Kier molecular flexibility index (Phi) is 3.90. The van der Waals surface area contributed by atoms with E-state index in [2.05, 4.69) is 21.5 Å². The Balaban J connectivity index is 2.64. The number of nitrogens with zero attached hydrogens (tertiary/aromatic N) is 2. The summed E-state index contributed by atoms with van der Waals surface area (Å²) in [7, 11) is -3.26. The summed E-state index contributed by atoms with van der Waals surface area (Å²) >= 11 is 2.66. The second kappa shape index (κ2) is 4.76. The van der Waals surface area contributed by atoms with E-state index in [-0.39, 0.29) is 0 Å². The zero-order valence-electron chi connectivity index (χ0n) is 7.43. The lowest BCUT2D eigenvalue weighted by atomic mass is 10.8. The van der Waals surface area contributed by atoms with Gasteiger partial charge in [-0.25, -0.2) is 8.42 Å². The molecule has 78 valence electrons. The Labute approximate surface area is 90.7 Å². The molecule has 1 aromatic heterocycles. The van der Waals surface area contributed by atoms with E-state index in [0.717, 1.165) is 16.3 Å².